The van der Waals surface area contributed by atoms with Gasteiger partial charge >= 0.3 is 10.1 Å². The summed E-state index contributed by atoms with van der Waals surface area (Å²) in [5, 5.41) is -0.358. The second-order valence-corrected chi connectivity index (χ2v) is 11.3. The van der Waals surface area contributed by atoms with Crippen LogP contribution >= 0.6 is 27.7 Å². The maximum absolute atomic E-state index is 12.9. The van der Waals surface area contributed by atoms with E-state index in [1.54, 1.807) is 37.3 Å². The largest absolute Gasteiger partial charge is 0.490 e. The molecule has 0 aromatic heterocycles. The van der Waals surface area contributed by atoms with Crippen LogP contribution in [0.25, 0.3) is 6.08 Å². The average Bonchev–Trinajstić information content (AvgIpc) is 3.09. The number of benzene rings is 3. The number of nitrogens with zero attached hydrogens (tertiary/aromatic N) is 1. The Morgan fingerprint density at radius 3 is 2.33 bits per heavy atom. The molecule has 186 valence electrons. The summed E-state index contributed by atoms with van der Waals surface area (Å²) in [5.41, 5.74) is 2.32. The number of hydrogen-bond acceptors (Lipinski definition) is 7. The summed E-state index contributed by atoms with van der Waals surface area (Å²) in [5.74, 6) is -0.165. The number of rotatable bonds is 8. The van der Waals surface area contributed by atoms with Crippen molar-refractivity contribution in [2.75, 3.05) is 6.61 Å². The van der Waals surface area contributed by atoms with Crippen LogP contribution in [0.15, 0.2) is 81.0 Å². The fourth-order valence-electron chi connectivity index (χ4n) is 3.38. The van der Waals surface area contributed by atoms with Gasteiger partial charge in [-0.1, -0.05) is 51.8 Å². The van der Waals surface area contributed by atoms with Crippen molar-refractivity contribution in [1.29, 1.82) is 0 Å². The maximum atomic E-state index is 12.9. The molecule has 1 heterocycles. The van der Waals surface area contributed by atoms with Gasteiger partial charge in [0.1, 0.15) is 4.90 Å². The molecule has 0 unspecified atom stereocenters. The molecule has 1 saturated heterocycles. The molecule has 0 saturated carbocycles. The van der Waals surface area contributed by atoms with Gasteiger partial charge in [-0.15, -0.1) is 0 Å². The van der Waals surface area contributed by atoms with Crippen LogP contribution in [0.4, 0.5) is 4.79 Å². The van der Waals surface area contributed by atoms with E-state index in [4.69, 9.17) is 8.92 Å². The fourth-order valence-corrected chi connectivity index (χ4v) is 5.43. The lowest BCUT2D eigenvalue weighted by Crippen LogP contribution is -2.27. The predicted molar refractivity (Wildman–Crippen MR) is 142 cm³/mol. The minimum atomic E-state index is -4.07. The van der Waals surface area contributed by atoms with Gasteiger partial charge in [-0.25, -0.2) is 0 Å². The van der Waals surface area contributed by atoms with E-state index in [1.165, 1.54) is 23.1 Å². The molecular formula is C26H22BrNO6S2. The third kappa shape index (κ3) is 6.00. The number of halogens is 1. The van der Waals surface area contributed by atoms with E-state index in [-0.39, 0.29) is 39.7 Å². The number of thioether (sulfide) groups is 1. The van der Waals surface area contributed by atoms with E-state index in [9.17, 15) is 18.0 Å². The lowest BCUT2D eigenvalue weighted by atomic mass is 10.1. The monoisotopic (exact) mass is 587 g/mol. The zero-order chi connectivity index (χ0) is 25.9. The molecule has 1 aliphatic rings. The van der Waals surface area contributed by atoms with E-state index in [0.717, 1.165) is 27.4 Å². The molecule has 0 spiro atoms. The third-order valence-corrected chi connectivity index (χ3v) is 7.89. The fraction of sp³-hybridized carbons (Fsp3) is 0.154. The number of carbonyl (C=O) groups is 2. The van der Waals surface area contributed by atoms with E-state index in [2.05, 4.69) is 15.9 Å². The number of ether oxygens (including phenoxy) is 1. The Labute approximate surface area is 222 Å². The van der Waals surface area contributed by atoms with Crippen molar-refractivity contribution >= 4 is 55.0 Å². The summed E-state index contributed by atoms with van der Waals surface area (Å²) < 4.78 is 37.3. The van der Waals surface area contributed by atoms with Crippen LogP contribution in [0.3, 0.4) is 0 Å². The molecule has 0 atom stereocenters. The second kappa shape index (κ2) is 10.9. The van der Waals surface area contributed by atoms with Crippen molar-refractivity contribution in [3.05, 3.63) is 92.8 Å². The molecule has 3 aromatic carbocycles. The Kier molecular flexibility index (Phi) is 7.87. The Hall–Kier alpha value is -3.08. The van der Waals surface area contributed by atoms with Crippen LogP contribution in [0, 0.1) is 6.92 Å². The van der Waals surface area contributed by atoms with Gasteiger partial charge in [-0.05, 0) is 79.2 Å². The Morgan fingerprint density at radius 1 is 0.972 bits per heavy atom. The van der Waals surface area contributed by atoms with Crippen molar-refractivity contribution in [2.24, 2.45) is 0 Å². The van der Waals surface area contributed by atoms with E-state index in [1.807, 2.05) is 31.2 Å². The molecule has 3 aromatic rings. The SMILES string of the molecule is CCOc1cc(/C=C2\SC(=O)N(Cc3ccc(Br)cc3)C2=O)ccc1OS(=O)(=O)c1ccc(C)cc1. The van der Waals surface area contributed by atoms with E-state index in [0.29, 0.717) is 5.56 Å². The van der Waals surface area contributed by atoms with Gasteiger partial charge in [0.05, 0.1) is 18.1 Å². The topological polar surface area (TPSA) is 90.0 Å². The first-order chi connectivity index (χ1) is 17.2. The molecule has 36 heavy (non-hydrogen) atoms. The van der Waals surface area contributed by atoms with Gasteiger partial charge in [-0.2, -0.15) is 8.42 Å². The predicted octanol–water partition coefficient (Wildman–Crippen LogP) is 6.16. The minimum Gasteiger partial charge on any atom is -0.490 e. The molecule has 7 nitrogen and oxygen atoms in total. The highest BCUT2D eigenvalue weighted by Gasteiger charge is 2.35. The quantitative estimate of drug-likeness (QED) is 0.230. The minimum absolute atomic E-state index is 0.0258. The molecular weight excluding hydrogens is 566 g/mol. The summed E-state index contributed by atoms with van der Waals surface area (Å²) in [6, 6.07) is 18.4. The van der Waals surface area contributed by atoms with Gasteiger partial charge in [-0.3, -0.25) is 14.5 Å². The molecule has 0 N–H and O–H groups in total. The summed E-state index contributed by atoms with van der Waals surface area (Å²) in [6.45, 7) is 4.06. The Morgan fingerprint density at radius 2 is 1.67 bits per heavy atom. The lowest BCUT2D eigenvalue weighted by molar-refractivity contribution is -0.123. The lowest BCUT2D eigenvalue weighted by Gasteiger charge is -2.13. The molecule has 0 radical (unpaired) electrons. The second-order valence-electron chi connectivity index (χ2n) is 7.88. The summed E-state index contributed by atoms with van der Waals surface area (Å²) in [6.07, 6.45) is 1.58. The molecule has 1 fully saturated rings. The van der Waals surface area contributed by atoms with E-state index < -0.39 is 16.0 Å². The standard InChI is InChI=1S/C26H22BrNO6S2/c1-3-33-23-14-19(8-13-22(23)34-36(31,32)21-11-4-17(2)5-12-21)15-24-25(29)28(26(30)35-24)16-18-6-9-20(27)10-7-18/h4-15H,3,16H2,1-2H3/b24-15-. The number of carbonyl (C=O) groups excluding carboxylic acids is 2. The molecule has 4 rings (SSSR count). The number of amides is 2. The smallest absolute Gasteiger partial charge is 0.339 e. The van der Waals surface area contributed by atoms with Crippen molar-refractivity contribution in [3.8, 4) is 11.5 Å². The molecule has 1 aliphatic heterocycles. The van der Waals surface area contributed by atoms with Crippen molar-refractivity contribution in [3.63, 3.8) is 0 Å². The number of imide groups is 1. The summed E-state index contributed by atoms with van der Waals surface area (Å²) in [7, 11) is -4.07. The third-order valence-electron chi connectivity index (χ3n) is 5.20. The summed E-state index contributed by atoms with van der Waals surface area (Å²) in [4.78, 5) is 26.9. The van der Waals surface area contributed by atoms with Crippen LogP contribution in [0.1, 0.15) is 23.6 Å². The summed E-state index contributed by atoms with van der Waals surface area (Å²) >= 11 is 4.22. The Bertz CT molecular complexity index is 1430. The molecule has 0 aliphatic carbocycles. The first kappa shape index (κ1) is 26.0. The maximum Gasteiger partial charge on any atom is 0.339 e. The zero-order valence-electron chi connectivity index (χ0n) is 19.4. The molecule has 10 heteroatoms. The van der Waals surface area contributed by atoms with Crippen LogP contribution < -0.4 is 8.92 Å². The van der Waals surface area contributed by atoms with E-state index >= 15 is 0 Å². The highest BCUT2D eigenvalue weighted by atomic mass is 79.9. The van der Waals surface area contributed by atoms with Crippen molar-refractivity contribution < 1.29 is 26.9 Å². The number of aryl methyl sites for hydroxylation is 1. The van der Waals surface area contributed by atoms with Crippen LogP contribution in [-0.2, 0) is 21.5 Å². The van der Waals surface area contributed by atoms with Gasteiger partial charge in [0.2, 0.25) is 0 Å². The van der Waals surface area contributed by atoms with Crippen LogP contribution in [-0.4, -0.2) is 31.1 Å². The molecule has 0 bridgehead atoms. The zero-order valence-corrected chi connectivity index (χ0v) is 22.7. The highest BCUT2D eigenvalue weighted by Crippen LogP contribution is 2.36. The first-order valence-electron chi connectivity index (χ1n) is 10.9. The normalized spacial score (nSPS) is 15.0. The van der Waals surface area contributed by atoms with Crippen LogP contribution in [0.5, 0.6) is 11.5 Å². The Balaban J connectivity index is 1.56. The van der Waals surface area contributed by atoms with Crippen molar-refractivity contribution in [2.45, 2.75) is 25.3 Å². The van der Waals surface area contributed by atoms with Crippen LogP contribution in [0.2, 0.25) is 0 Å². The van der Waals surface area contributed by atoms with Crippen molar-refractivity contribution in [1.82, 2.24) is 4.90 Å². The van der Waals surface area contributed by atoms with Gasteiger partial charge in [0.25, 0.3) is 11.1 Å². The number of hydrogen-bond donors (Lipinski definition) is 0. The van der Waals surface area contributed by atoms with Gasteiger partial charge in [0, 0.05) is 4.47 Å². The highest BCUT2D eigenvalue weighted by molar-refractivity contribution is 9.10. The molecule has 2 amide bonds. The van der Waals surface area contributed by atoms with Gasteiger partial charge in [0.15, 0.2) is 11.5 Å². The first-order valence-corrected chi connectivity index (χ1v) is 14.0. The van der Waals surface area contributed by atoms with Gasteiger partial charge < -0.3 is 8.92 Å². The average molecular weight is 589 g/mol.